The summed E-state index contributed by atoms with van der Waals surface area (Å²) in [7, 11) is 0. The molecule has 30 heavy (non-hydrogen) atoms. The minimum atomic E-state index is -1.22. The molecule has 0 bridgehead atoms. The quantitative estimate of drug-likeness (QED) is 0.375. The summed E-state index contributed by atoms with van der Waals surface area (Å²) < 4.78 is 0. The summed E-state index contributed by atoms with van der Waals surface area (Å²) in [6, 6.07) is 7.49. The highest BCUT2D eigenvalue weighted by Gasteiger charge is 2.19. The molecule has 1 saturated carbocycles. The Kier molecular flexibility index (Phi) is 5.96. The fourth-order valence-corrected chi connectivity index (χ4v) is 3.51. The van der Waals surface area contributed by atoms with Gasteiger partial charge in [-0.3, -0.25) is 0 Å². The van der Waals surface area contributed by atoms with Gasteiger partial charge in [0.05, 0.1) is 23.6 Å². The third-order valence-corrected chi connectivity index (χ3v) is 5.14. The van der Waals surface area contributed by atoms with Crippen LogP contribution in [0.5, 0.6) is 0 Å². The molecule has 0 spiro atoms. The molecular weight excluding hydrogens is 382 g/mol. The lowest BCUT2D eigenvalue weighted by Crippen LogP contribution is -2.26. The Morgan fingerprint density at radius 1 is 1.27 bits per heavy atom. The topological polar surface area (TPSA) is 151 Å². The monoisotopic (exact) mass is 407 g/mol. The van der Waals surface area contributed by atoms with Gasteiger partial charge >= 0.3 is 0 Å². The number of aliphatic hydroxyl groups excluding tert-OH is 1. The van der Waals surface area contributed by atoms with Crippen molar-refractivity contribution >= 4 is 23.2 Å². The van der Waals surface area contributed by atoms with Crippen molar-refractivity contribution in [1.29, 1.82) is 5.41 Å². The highest BCUT2D eigenvalue weighted by molar-refractivity contribution is 5.84. The first-order valence-corrected chi connectivity index (χ1v) is 9.95. The SMILES string of the molecule is N=C1CCCC[C@H]1CNc1ncc(C(N)O)c(Nc2cccc(-n3nccn3)c2)n1. The fourth-order valence-electron chi connectivity index (χ4n) is 3.51. The molecule has 156 valence electrons. The third-order valence-electron chi connectivity index (χ3n) is 5.14. The van der Waals surface area contributed by atoms with Gasteiger partial charge in [0.25, 0.3) is 0 Å². The van der Waals surface area contributed by atoms with Crippen LogP contribution in [0.4, 0.5) is 17.5 Å². The first-order chi connectivity index (χ1) is 14.6. The molecule has 2 aromatic heterocycles. The van der Waals surface area contributed by atoms with Gasteiger partial charge in [-0.15, -0.1) is 0 Å². The first kappa shape index (κ1) is 19.9. The molecule has 0 radical (unpaired) electrons. The summed E-state index contributed by atoms with van der Waals surface area (Å²) in [6.07, 6.45) is 7.61. The van der Waals surface area contributed by atoms with Crippen LogP contribution in [-0.4, -0.2) is 42.3 Å². The number of hydrogen-bond donors (Lipinski definition) is 5. The molecule has 2 atom stereocenters. The molecule has 1 unspecified atom stereocenters. The third kappa shape index (κ3) is 4.61. The molecule has 1 aliphatic carbocycles. The van der Waals surface area contributed by atoms with Gasteiger partial charge in [0.1, 0.15) is 12.0 Å². The molecule has 3 aromatic rings. The summed E-state index contributed by atoms with van der Waals surface area (Å²) in [5.41, 5.74) is 8.38. The molecule has 1 aliphatic rings. The number of aromatic nitrogens is 5. The Morgan fingerprint density at radius 2 is 2.10 bits per heavy atom. The average molecular weight is 407 g/mol. The molecule has 0 saturated heterocycles. The molecule has 10 heteroatoms. The van der Waals surface area contributed by atoms with Gasteiger partial charge in [-0.1, -0.05) is 12.5 Å². The molecule has 6 N–H and O–H groups in total. The summed E-state index contributed by atoms with van der Waals surface area (Å²) in [5.74, 6) is 1.04. The van der Waals surface area contributed by atoms with Crippen molar-refractivity contribution in [2.24, 2.45) is 11.7 Å². The van der Waals surface area contributed by atoms with Gasteiger partial charge in [-0.2, -0.15) is 20.0 Å². The molecule has 0 aliphatic heterocycles. The van der Waals surface area contributed by atoms with Crippen molar-refractivity contribution in [1.82, 2.24) is 25.0 Å². The van der Waals surface area contributed by atoms with Crippen LogP contribution in [-0.2, 0) is 0 Å². The van der Waals surface area contributed by atoms with Crippen LogP contribution in [0, 0.1) is 11.3 Å². The zero-order valence-electron chi connectivity index (χ0n) is 16.5. The van der Waals surface area contributed by atoms with Gasteiger partial charge in [0.15, 0.2) is 0 Å². The Labute approximate surface area is 174 Å². The van der Waals surface area contributed by atoms with E-state index in [0.29, 0.717) is 23.9 Å². The van der Waals surface area contributed by atoms with E-state index in [4.69, 9.17) is 11.1 Å². The van der Waals surface area contributed by atoms with Crippen LogP contribution in [0.25, 0.3) is 5.69 Å². The average Bonchev–Trinajstić information content (AvgIpc) is 3.28. The molecule has 2 heterocycles. The highest BCUT2D eigenvalue weighted by atomic mass is 16.3. The minimum absolute atomic E-state index is 0.205. The fraction of sp³-hybridized carbons (Fsp3) is 0.350. The van der Waals surface area contributed by atoms with Gasteiger partial charge < -0.3 is 26.9 Å². The number of anilines is 3. The van der Waals surface area contributed by atoms with E-state index in [0.717, 1.165) is 42.8 Å². The molecular formula is C20H25N9O. The molecule has 4 rings (SSSR count). The van der Waals surface area contributed by atoms with Crippen molar-refractivity contribution in [2.45, 2.75) is 31.9 Å². The molecule has 1 aromatic carbocycles. The van der Waals surface area contributed by atoms with Crippen LogP contribution in [0.3, 0.4) is 0 Å². The van der Waals surface area contributed by atoms with E-state index in [2.05, 4.69) is 30.8 Å². The maximum atomic E-state index is 9.93. The lowest BCUT2D eigenvalue weighted by Gasteiger charge is -2.23. The van der Waals surface area contributed by atoms with Crippen molar-refractivity contribution in [3.63, 3.8) is 0 Å². The van der Waals surface area contributed by atoms with E-state index >= 15 is 0 Å². The second-order valence-electron chi connectivity index (χ2n) is 7.29. The first-order valence-electron chi connectivity index (χ1n) is 9.95. The summed E-state index contributed by atoms with van der Waals surface area (Å²) in [6.45, 7) is 0.614. The van der Waals surface area contributed by atoms with E-state index in [1.807, 2.05) is 24.3 Å². The van der Waals surface area contributed by atoms with Crippen LogP contribution in [0.2, 0.25) is 0 Å². The number of nitrogens with zero attached hydrogens (tertiary/aromatic N) is 5. The van der Waals surface area contributed by atoms with Crippen LogP contribution in [0.1, 0.15) is 37.5 Å². The smallest absolute Gasteiger partial charge is 0.224 e. The minimum Gasteiger partial charge on any atom is -0.374 e. The number of aliphatic hydroxyl groups is 1. The Balaban J connectivity index is 1.53. The number of hydrogen-bond acceptors (Lipinski definition) is 9. The summed E-state index contributed by atoms with van der Waals surface area (Å²) >= 11 is 0. The van der Waals surface area contributed by atoms with Crippen molar-refractivity contribution in [3.8, 4) is 5.69 Å². The lowest BCUT2D eigenvalue weighted by molar-refractivity contribution is 0.186. The maximum absolute atomic E-state index is 9.93. The number of rotatable bonds is 7. The number of nitrogens with one attached hydrogen (secondary N) is 3. The lowest BCUT2D eigenvalue weighted by atomic mass is 9.87. The Bertz CT molecular complexity index is 1000. The number of nitrogens with two attached hydrogens (primary N) is 1. The van der Waals surface area contributed by atoms with Crippen molar-refractivity contribution in [2.75, 3.05) is 17.2 Å². The van der Waals surface area contributed by atoms with Crippen LogP contribution < -0.4 is 16.4 Å². The van der Waals surface area contributed by atoms with Crippen molar-refractivity contribution < 1.29 is 5.11 Å². The second kappa shape index (κ2) is 8.97. The standard InChI is InChI=1S/C20H25N9O/c21-17-7-2-1-4-13(17)11-23-20-24-12-16(18(22)30)19(28-20)27-14-5-3-6-15(10-14)29-25-8-9-26-29/h3,5-6,8-10,12-13,18,21,30H,1-2,4,7,11,22H2,(H2,23,24,27,28)/t13-,18?/m0/s1. The second-order valence-corrected chi connectivity index (χ2v) is 7.29. The summed E-state index contributed by atoms with van der Waals surface area (Å²) in [5, 5.41) is 32.7. The predicted molar refractivity (Wildman–Crippen MR) is 114 cm³/mol. The molecule has 1 fully saturated rings. The van der Waals surface area contributed by atoms with Gasteiger partial charge in [-0.25, -0.2) is 4.98 Å². The number of benzene rings is 1. The summed E-state index contributed by atoms with van der Waals surface area (Å²) in [4.78, 5) is 10.3. The van der Waals surface area contributed by atoms with Gasteiger partial charge in [0.2, 0.25) is 5.95 Å². The molecule has 0 amide bonds. The Morgan fingerprint density at radius 3 is 2.87 bits per heavy atom. The van der Waals surface area contributed by atoms with E-state index < -0.39 is 6.23 Å². The van der Waals surface area contributed by atoms with E-state index in [1.54, 1.807) is 12.4 Å². The zero-order valence-corrected chi connectivity index (χ0v) is 16.5. The largest absolute Gasteiger partial charge is 0.374 e. The normalized spacial score (nSPS) is 17.5. The van der Waals surface area contributed by atoms with Crippen LogP contribution >= 0.6 is 0 Å². The predicted octanol–water partition coefficient (Wildman–Crippen LogP) is 2.37. The van der Waals surface area contributed by atoms with Gasteiger partial charge in [-0.05, 0) is 37.5 Å². The molecule has 10 nitrogen and oxygen atoms in total. The van der Waals surface area contributed by atoms with Crippen LogP contribution in [0.15, 0.2) is 42.9 Å². The van der Waals surface area contributed by atoms with Crippen molar-refractivity contribution in [3.05, 3.63) is 48.4 Å². The van der Waals surface area contributed by atoms with Gasteiger partial charge in [0, 0.05) is 30.1 Å². The highest BCUT2D eigenvalue weighted by Crippen LogP contribution is 2.25. The maximum Gasteiger partial charge on any atom is 0.224 e. The Hall–Kier alpha value is -3.37. The van der Waals surface area contributed by atoms with E-state index in [-0.39, 0.29) is 5.92 Å². The van der Waals surface area contributed by atoms with E-state index in [1.165, 1.54) is 11.0 Å². The van der Waals surface area contributed by atoms with E-state index in [9.17, 15) is 5.11 Å². The zero-order chi connectivity index (χ0) is 20.9.